The average Bonchev–Trinajstić information content (AvgIpc) is 2.71. The van der Waals surface area contributed by atoms with Gasteiger partial charge in [0.05, 0.1) is 0 Å². The largest absolute Gasteiger partial charge is 0.326 e. The standard InChI is InChI=1S/C12H24O.C8H9NO.C8H10/c1-3-4-5-6-7-8-9-10-11-12(2)13;1-7(10)9-8-5-3-2-4-6-8;1-7-4-3-5-8(2)6-7/h3-11H2,1-2H3;2-6H,1H3,(H,9,10);3-6H,1-2H3. The molecule has 0 saturated heterocycles. The molecule has 2 aromatic rings. The number of hydrogen-bond acceptors (Lipinski definition) is 2. The number of amides is 1. The fourth-order valence-electron chi connectivity index (χ4n) is 3.04. The Morgan fingerprint density at radius 1 is 0.710 bits per heavy atom. The van der Waals surface area contributed by atoms with E-state index in [0.29, 0.717) is 5.78 Å². The summed E-state index contributed by atoms with van der Waals surface area (Å²) in [5, 5.41) is 2.67. The topological polar surface area (TPSA) is 46.2 Å². The molecular weight excluding hydrogens is 382 g/mol. The average molecular weight is 426 g/mol. The highest BCUT2D eigenvalue weighted by atomic mass is 16.1. The van der Waals surface area contributed by atoms with E-state index in [9.17, 15) is 9.59 Å². The van der Waals surface area contributed by atoms with Crippen molar-refractivity contribution in [2.75, 3.05) is 5.32 Å². The summed E-state index contributed by atoms with van der Waals surface area (Å²) in [5.41, 5.74) is 3.52. The van der Waals surface area contributed by atoms with Crippen molar-refractivity contribution in [3.63, 3.8) is 0 Å². The van der Waals surface area contributed by atoms with Crippen LogP contribution in [0, 0.1) is 13.8 Å². The molecule has 1 amide bonds. The fourth-order valence-corrected chi connectivity index (χ4v) is 3.04. The number of hydrogen-bond donors (Lipinski definition) is 1. The molecule has 0 aliphatic heterocycles. The van der Waals surface area contributed by atoms with Crippen LogP contribution < -0.4 is 5.32 Å². The van der Waals surface area contributed by atoms with Crippen LogP contribution in [-0.4, -0.2) is 11.7 Å². The Bertz CT molecular complexity index is 693. The minimum Gasteiger partial charge on any atom is -0.326 e. The van der Waals surface area contributed by atoms with Gasteiger partial charge in [-0.3, -0.25) is 4.79 Å². The van der Waals surface area contributed by atoms with E-state index in [-0.39, 0.29) is 5.91 Å². The zero-order valence-corrected chi connectivity index (χ0v) is 20.4. The van der Waals surface area contributed by atoms with Crippen LogP contribution in [-0.2, 0) is 9.59 Å². The summed E-state index contributed by atoms with van der Waals surface area (Å²) in [4.78, 5) is 21.1. The summed E-state index contributed by atoms with van der Waals surface area (Å²) in [6.45, 7) is 9.63. The van der Waals surface area contributed by atoms with Crippen LogP contribution in [0.3, 0.4) is 0 Å². The van der Waals surface area contributed by atoms with Gasteiger partial charge in [-0.2, -0.15) is 0 Å². The lowest BCUT2D eigenvalue weighted by atomic mass is 10.1. The third-order valence-corrected chi connectivity index (χ3v) is 4.65. The van der Waals surface area contributed by atoms with E-state index in [0.717, 1.165) is 18.5 Å². The van der Waals surface area contributed by atoms with E-state index in [1.165, 1.54) is 63.0 Å². The smallest absolute Gasteiger partial charge is 0.221 e. The number of benzene rings is 2. The number of unbranched alkanes of at least 4 members (excludes halogenated alkanes) is 7. The molecule has 3 nitrogen and oxygen atoms in total. The monoisotopic (exact) mass is 425 g/mol. The number of Topliss-reactive ketones (excluding diaryl/α,β-unsaturated/α-hetero) is 1. The van der Waals surface area contributed by atoms with Gasteiger partial charge in [-0.05, 0) is 39.3 Å². The van der Waals surface area contributed by atoms with Crippen LogP contribution in [0.15, 0.2) is 54.6 Å². The first-order chi connectivity index (χ1) is 14.8. The zero-order valence-electron chi connectivity index (χ0n) is 20.4. The molecule has 0 aliphatic rings. The minimum absolute atomic E-state index is 0.0359. The molecule has 0 heterocycles. The second-order valence-corrected chi connectivity index (χ2v) is 8.13. The summed E-state index contributed by atoms with van der Waals surface area (Å²) < 4.78 is 0. The molecule has 0 radical (unpaired) electrons. The van der Waals surface area contributed by atoms with Gasteiger partial charge in [-0.25, -0.2) is 0 Å². The molecule has 0 atom stereocenters. The van der Waals surface area contributed by atoms with Crippen molar-refractivity contribution in [3.05, 3.63) is 65.7 Å². The Balaban J connectivity index is 0.000000447. The van der Waals surface area contributed by atoms with E-state index >= 15 is 0 Å². The van der Waals surface area contributed by atoms with E-state index in [2.05, 4.69) is 50.4 Å². The molecule has 2 rings (SSSR count). The van der Waals surface area contributed by atoms with E-state index in [4.69, 9.17) is 0 Å². The van der Waals surface area contributed by atoms with Crippen LogP contribution in [0.25, 0.3) is 0 Å². The summed E-state index contributed by atoms with van der Waals surface area (Å²) in [6, 6.07) is 17.8. The molecule has 0 aromatic heterocycles. The van der Waals surface area contributed by atoms with E-state index < -0.39 is 0 Å². The highest BCUT2D eigenvalue weighted by molar-refractivity contribution is 5.88. The van der Waals surface area contributed by atoms with Gasteiger partial charge in [0, 0.05) is 19.0 Å². The van der Waals surface area contributed by atoms with E-state index in [1.54, 1.807) is 6.92 Å². The number of nitrogens with one attached hydrogen (secondary N) is 1. The molecule has 0 bridgehead atoms. The van der Waals surface area contributed by atoms with Gasteiger partial charge >= 0.3 is 0 Å². The quantitative estimate of drug-likeness (QED) is 0.391. The molecule has 0 spiro atoms. The Kier molecular flexibility index (Phi) is 18.0. The Morgan fingerprint density at radius 2 is 1.23 bits per heavy atom. The molecule has 31 heavy (non-hydrogen) atoms. The third-order valence-electron chi connectivity index (χ3n) is 4.65. The summed E-state index contributed by atoms with van der Waals surface area (Å²) in [6.07, 6.45) is 11.3. The molecule has 0 unspecified atom stereocenters. The van der Waals surface area contributed by atoms with Crippen LogP contribution in [0.5, 0.6) is 0 Å². The number of anilines is 1. The van der Waals surface area contributed by atoms with Crippen molar-refractivity contribution in [1.29, 1.82) is 0 Å². The van der Waals surface area contributed by atoms with Gasteiger partial charge in [0.1, 0.15) is 5.78 Å². The lowest BCUT2D eigenvalue weighted by Gasteiger charge is -1.99. The third kappa shape index (κ3) is 20.6. The van der Waals surface area contributed by atoms with Gasteiger partial charge in [0.25, 0.3) is 0 Å². The lowest BCUT2D eigenvalue weighted by Crippen LogP contribution is -2.04. The van der Waals surface area contributed by atoms with E-state index in [1.807, 2.05) is 30.3 Å². The van der Waals surface area contributed by atoms with Crippen LogP contribution >= 0.6 is 0 Å². The van der Waals surface area contributed by atoms with Crippen LogP contribution in [0.1, 0.15) is 89.7 Å². The Hall–Kier alpha value is -2.42. The Labute approximate surface area is 190 Å². The maximum Gasteiger partial charge on any atom is 0.221 e. The van der Waals surface area contributed by atoms with Crippen molar-refractivity contribution in [3.8, 4) is 0 Å². The Morgan fingerprint density at radius 3 is 1.65 bits per heavy atom. The first-order valence-electron chi connectivity index (χ1n) is 11.7. The molecule has 3 heteroatoms. The summed E-state index contributed by atoms with van der Waals surface area (Å²) in [5.74, 6) is 0.303. The second-order valence-electron chi connectivity index (χ2n) is 8.13. The zero-order chi connectivity index (χ0) is 23.3. The second kappa shape index (κ2) is 19.5. The minimum atomic E-state index is -0.0359. The van der Waals surface area contributed by atoms with Crippen molar-refractivity contribution >= 4 is 17.4 Å². The molecular formula is C28H43NO2. The fraction of sp³-hybridized carbons (Fsp3) is 0.500. The van der Waals surface area contributed by atoms with Gasteiger partial charge < -0.3 is 10.1 Å². The van der Waals surface area contributed by atoms with Crippen molar-refractivity contribution in [2.45, 2.75) is 92.4 Å². The molecule has 172 valence electrons. The SMILES string of the molecule is CC(=O)Nc1ccccc1.CCCCCCCCCCC(C)=O.Cc1cccc(C)c1. The number of ketones is 1. The van der Waals surface area contributed by atoms with Crippen molar-refractivity contribution < 1.29 is 9.59 Å². The van der Waals surface area contributed by atoms with Crippen LogP contribution in [0.4, 0.5) is 5.69 Å². The lowest BCUT2D eigenvalue weighted by molar-refractivity contribution is -0.117. The number of rotatable bonds is 10. The number of para-hydroxylation sites is 1. The first kappa shape index (κ1) is 28.6. The predicted molar refractivity (Wildman–Crippen MR) is 135 cm³/mol. The van der Waals surface area contributed by atoms with Gasteiger partial charge in [-0.15, -0.1) is 0 Å². The van der Waals surface area contributed by atoms with Gasteiger partial charge in [0.15, 0.2) is 0 Å². The highest BCUT2D eigenvalue weighted by Gasteiger charge is 1.94. The molecule has 2 aromatic carbocycles. The predicted octanol–water partition coefficient (Wildman–Crippen LogP) is 8.05. The van der Waals surface area contributed by atoms with Crippen molar-refractivity contribution in [2.24, 2.45) is 0 Å². The highest BCUT2D eigenvalue weighted by Crippen LogP contribution is 2.09. The van der Waals surface area contributed by atoms with Gasteiger partial charge in [0.2, 0.25) is 5.91 Å². The maximum absolute atomic E-state index is 10.6. The number of carbonyl (C=O) groups is 2. The normalized spacial score (nSPS) is 9.58. The summed E-state index contributed by atoms with van der Waals surface area (Å²) >= 11 is 0. The molecule has 0 saturated carbocycles. The molecule has 1 N–H and O–H groups in total. The number of carbonyl (C=O) groups excluding carboxylic acids is 2. The molecule has 0 fully saturated rings. The van der Waals surface area contributed by atoms with Crippen LogP contribution in [0.2, 0.25) is 0 Å². The number of aryl methyl sites for hydroxylation is 2. The summed E-state index contributed by atoms with van der Waals surface area (Å²) in [7, 11) is 0. The first-order valence-corrected chi connectivity index (χ1v) is 11.7. The maximum atomic E-state index is 10.6. The molecule has 0 aliphatic carbocycles. The van der Waals surface area contributed by atoms with Crippen molar-refractivity contribution in [1.82, 2.24) is 0 Å². The van der Waals surface area contributed by atoms with Gasteiger partial charge in [-0.1, -0.05) is 105 Å².